The number of carbonyl (C=O) groups is 2. The molecule has 2 aromatic carbocycles. The van der Waals surface area contributed by atoms with Crippen molar-refractivity contribution in [1.82, 2.24) is 5.32 Å². The number of aromatic carboxylic acids is 1. The van der Waals surface area contributed by atoms with Gasteiger partial charge in [0.15, 0.2) is 0 Å². The van der Waals surface area contributed by atoms with Crippen molar-refractivity contribution in [1.29, 1.82) is 0 Å². The lowest BCUT2D eigenvalue weighted by Crippen LogP contribution is -2.26. The van der Waals surface area contributed by atoms with Gasteiger partial charge in [0.2, 0.25) is 5.91 Å². The molecule has 0 aliphatic heterocycles. The van der Waals surface area contributed by atoms with Crippen LogP contribution in [0.5, 0.6) is 11.5 Å². The van der Waals surface area contributed by atoms with E-state index in [1.165, 1.54) is 19.2 Å². The predicted octanol–water partition coefficient (Wildman–Crippen LogP) is 2.91. The summed E-state index contributed by atoms with van der Waals surface area (Å²) in [6.45, 7) is 0.947. The second kappa shape index (κ2) is 10.1. The van der Waals surface area contributed by atoms with Gasteiger partial charge in [0.25, 0.3) is 0 Å². The standard InChI is InChI=1S/C20H23NO5/c1-25-18-14-16(20(23)24)10-9-15(18)11-12-21-19(22)8-5-13-26-17-6-3-2-4-7-17/h2-4,6-7,9-10,14H,5,8,11-13H2,1H3,(H,21,22)(H,23,24). The lowest BCUT2D eigenvalue weighted by Gasteiger charge is -2.10. The molecule has 0 aromatic heterocycles. The van der Waals surface area contributed by atoms with Crippen LogP contribution in [0, 0.1) is 0 Å². The highest BCUT2D eigenvalue weighted by Gasteiger charge is 2.09. The number of ether oxygens (including phenoxy) is 2. The molecule has 1 amide bonds. The number of benzene rings is 2. The predicted molar refractivity (Wildman–Crippen MR) is 97.8 cm³/mol. The van der Waals surface area contributed by atoms with E-state index < -0.39 is 5.97 Å². The summed E-state index contributed by atoms with van der Waals surface area (Å²) in [6.07, 6.45) is 1.59. The Balaban J connectivity index is 1.68. The molecule has 2 rings (SSSR count). The van der Waals surface area contributed by atoms with Gasteiger partial charge in [0.1, 0.15) is 11.5 Å². The molecule has 0 atom stereocenters. The molecule has 0 aliphatic carbocycles. The molecule has 6 heteroatoms. The van der Waals surface area contributed by atoms with E-state index in [9.17, 15) is 9.59 Å². The zero-order valence-electron chi connectivity index (χ0n) is 14.7. The first-order valence-corrected chi connectivity index (χ1v) is 8.45. The van der Waals surface area contributed by atoms with Gasteiger partial charge in [-0.2, -0.15) is 0 Å². The quantitative estimate of drug-likeness (QED) is 0.639. The van der Waals surface area contributed by atoms with Gasteiger partial charge in [-0.05, 0) is 42.7 Å². The van der Waals surface area contributed by atoms with Gasteiger partial charge in [-0.1, -0.05) is 24.3 Å². The third-order valence-corrected chi connectivity index (χ3v) is 3.81. The van der Waals surface area contributed by atoms with Crippen molar-refractivity contribution in [2.24, 2.45) is 0 Å². The van der Waals surface area contributed by atoms with Crippen LogP contribution in [0.2, 0.25) is 0 Å². The fraction of sp³-hybridized carbons (Fsp3) is 0.300. The van der Waals surface area contributed by atoms with Crippen LogP contribution >= 0.6 is 0 Å². The van der Waals surface area contributed by atoms with Crippen molar-refractivity contribution < 1.29 is 24.2 Å². The minimum absolute atomic E-state index is 0.0391. The van der Waals surface area contributed by atoms with Crippen molar-refractivity contribution in [2.45, 2.75) is 19.3 Å². The van der Waals surface area contributed by atoms with Gasteiger partial charge in [-0.25, -0.2) is 4.79 Å². The average Bonchev–Trinajstić information content (AvgIpc) is 2.66. The number of para-hydroxylation sites is 1. The van der Waals surface area contributed by atoms with E-state index >= 15 is 0 Å². The second-order valence-corrected chi connectivity index (χ2v) is 5.70. The van der Waals surface area contributed by atoms with Crippen LogP contribution in [0.4, 0.5) is 0 Å². The molecule has 0 saturated carbocycles. The van der Waals surface area contributed by atoms with Gasteiger partial charge >= 0.3 is 5.97 Å². The zero-order valence-corrected chi connectivity index (χ0v) is 14.7. The number of carbonyl (C=O) groups excluding carboxylic acids is 1. The van der Waals surface area contributed by atoms with Crippen LogP contribution in [0.1, 0.15) is 28.8 Å². The Bertz CT molecular complexity index is 730. The number of carboxylic acids is 1. The Morgan fingerprint density at radius 2 is 1.88 bits per heavy atom. The van der Waals surface area contributed by atoms with E-state index in [4.69, 9.17) is 14.6 Å². The molecule has 0 fully saturated rings. The summed E-state index contributed by atoms with van der Waals surface area (Å²) in [5.74, 6) is 0.267. The van der Waals surface area contributed by atoms with Gasteiger partial charge in [0.05, 0.1) is 19.3 Å². The lowest BCUT2D eigenvalue weighted by molar-refractivity contribution is -0.121. The molecule has 138 valence electrons. The highest BCUT2D eigenvalue weighted by atomic mass is 16.5. The summed E-state index contributed by atoms with van der Waals surface area (Å²) >= 11 is 0. The fourth-order valence-electron chi connectivity index (χ4n) is 2.45. The van der Waals surface area contributed by atoms with Crippen LogP contribution in [-0.4, -0.2) is 37.2 Å². The van der Waals surface area contributed by atoms with Crippen LogP contribution in [0.25, 0.3) is 0 Å². The van der Waals surface area contributed by atoms with E-state index in [-0.39, 0.29) is 11.5 Å². The molecule has 6 nitrogen and oxygen atoms in total. The van der Waals surface area contributed by atoms with Crippen LogP contribution in [0.3, 0.4) is 0 Å². The van der Waals surface area contributed by atoms with Gasteiger partial charge in [-0.15, -0.1) is 0 Å². The molecule has 0 bridgehead atoms. The molecule has 26 heavy (non-hydrogen) atoms. The summed E-state index contributed by atoms with van der Waals surface area (Å²) in [7, 11) is 1.50. The molecule has 0 saturated heterocycles. The summed E-state index contributed by atoms with van der Waals surface area (Å²) in [5.41, 5.74) is 1.03. The SMILES string of the molecule is COc1cc(C(=O)O)ccc1CCNC(=O)CCCOc1ccccc1. The Morgan fingerprint density at radius 1 is 1.12 bits per heavy atom. The summed E-state index contributed by atoms with van der Waals surface area (Å²) in [5, 5.41) is 11.8. The van der Waals surface area contributed by atoms with Crippen molar-refractivity contribution >= 4 is 11.9 Å². The number of nitrogens with one attached hydrogen (secondary N) is 1. The number of rotatable bonds is 10. The first-order valence-electron chi connectivity index (χ1n) is 8.45. The van der Waals surface area contributed by atoms with Crippen molar-refractivity contribution in [3.8, 4) is 11.5 Å². The van der Waals surface area contributed by atoms with Crippen molar-refractivity contribution in [3.05, 3.63) is 59.7 Å². The zero-order chi connectivity index (χ0) is 18.8. The number of methoxy groups -OCH3 is 1. The van der Waals surface area contributed by atoms with Crippen LogP contribution in [0.15, 0.2) is 48.5 Å². The smallest absolute Gasteiger partial charge is 0.335 e. The molecule has 0 aliphatic rings. The molecule has 0 radical (unpaired) electrons. The van der Waals surface area contributed by atoms with Crippen molar-refractivity contribution in [3.63, 3.8) is 0 Å². The van der Waals surface area contributed by atoms with E-state index in [1.807, 2.05) is 30.3 Å². The molecular weight excluding hydrogens is 334 g/mol. The first kappa shape index (κ1) is 19.3. The maximum absolute atomic E-state index is 11.9. The van der Waals surface area contributed by atoms with E-state index in [2.05, 4.69) is 5.32 Å². The summed E-state index contributed by atoms with van der Waals surface area (Å²) in [4.78, 5) is 22.8. The lowest BCUT2D eigenvalue weighted by atomic mass is 10.1. The Hall–Kier alpha value is -3.02. The summed E-state index contributed by atoms with van der Waals surface area (Å²) in [6, 6.07) is 14.2. The average molecular weight is 357 g/mol. The Labute approximate surface area is 152 Å². The maximum atomic E-state index is 11.9. The number of hydrogen-bond acceptors (Lipinski definition) is 4. The Kier molecular flexibility index (Phi) is 7.49. The minimum atomic E-state index is -0.999. The topological polar surface area (TPSA) is 84.9 Å². The second-order valence-electron chi connectivity index (χ2n) is 5.70. The molecule has 0 unspecified atom stereocenters. The van der Waals surface area contributed by atoms with E-state index in [0.717, 1.165) is 11.3 Å². The van der Waals surface area contributed by atoms with Crippen molar-refractivity contribution in [2.75, 3.05) is 20.3 Å². The molecule has 2 aromatic rings. The van der Waals surface area contributed by atoms with E-state index in [0.29, 0.717) is 38.2 Å². The first-order chi connectivity index (χ1) is 12.6. The van der Waals surface area contributed by atoms with Gasteiger partial charge in [0, 0.05) is 13.0 Å². The molecular formula is C20H23NO5. The normalized spacial score (nSPS) is 10.2. The third-order valence-electron chi connectivity index (χ3n) is 3.81. The highest BCUT2D eigenvalue weighted by Crippen LogP contribution is 2.20. The van der Waals surface area contributed by atoms with Gasteiger partial charge in [-0.3, -0.25) is 4.79 Å². The molecule has 0 heterocycles. The number of carboxylic acid groups (broad SMARTS) is 1. The molecule has 2 N–H and O–H groups in total. The maximum Gasteiger partial charge on any atom is 0.335 e. The fourth-order valence-corrected chi connectivity index (χ4v) is 2.45. The Morgan fingerprint density at radius 3 is 2.58 bits per heavy atom. The van der Waals surface area contributed by atoms with Crippen LogP contribution < -0.4 is 14.8 Å². The minimum Gasteiger partial charge on any atom is -0.496 e. The molecule has 0 spiro atoms. The highest BCUT2D eigenvalue weighted by molar-refractivity contribution is 5.88. The summed E-state index contributed by atoms with van der Waals surface area (Å²) < 4.78 is 10.8. The number of amides is 1. The number of hydrogen-bond donors (Lipinski definition) is 2. The largest absolute Gasteiger partial charge is 0.496 e. The van der Waals surface area contributed by atoms with Gasteiger partial charge < -0.3 is 19.9 Å². The monoisotopic (exact) mass is 357 g/mol. The third kappa shape index (κ3) is 6.12. The van der Waals surface area contributed by atoms with E-state index in [1.54, 1.807) is 6.07 Å². The van der Waals surface area contributed by atoms with Crippen LogP contribution in [-0.2, 0) is 11.2 Å².